The van der Waals surface area contributed by atoms with E-state index in [2.05, 4.69) is 15.5 Å². The Balaban J connectivity index is 1.43. The Bertz CT molecular complexity index is 748. The van der Waals surface area contributed by atoms with Crippen LogP contribution in [0, 0.1) is 0 Å². The maximum Gasteiger partial charge on any atom is 0.318 e. The Kier molecular flexibility index (Phi) is 5.95. The van der Waals surface area contributed by atoms with Crippen molar-refractivity contribution in [2.24, 2.45) is 0 Å². The molecule has 0 spiro atoms. The fourth-order valence-corrected chi connectivity index (χ4v) is 2.67. The van der Waals surface area contributed by atoms with E-state index in [1.807, 2.05) is 12.1 Å². The average molecular weight is 381 g/mol. The number of carbonyl (C=O) groups excluding carboxylic acids is 1. The molecule has 1 aromatic heterocycles. The molecule has 140 valence electrons. The standard InChI is InChI=1S/C17H21ClN4O4/c1-11(16-20-15(21-26-16)6-7-24-2)19-17(23)22-9-14(10-22)25-13-5-3-4-12(18)8-13/h3-5,8,11,14H,6-7,9-10H2,1-2H3,(H,19,23)/t11-/m1/s1. The molecule has 2 heterocycles. The fraction of sp³-hybridized carbons (Fsp3) is 0.471. The molecule has 1 saturated heterocycles. The van der Waals surface area contributed by atoms with Gasteiger partial charge in [-0.2, -0.15) is 4.98 Å². The zero-order valence-corrected chi connectivity index (χ0v) is 15.4. The quantitative estimate of drug-likeness (QED) is 0.793. The Hall–Kier alpha value is -2.32. The van der Waals surface area contributed by atoms with Gasteiger partial charge in [-0.3, -0.25) is 0 Å². The van der Waals surface area contributed by atoms with Crippen LogP contribution in [0.5, 0.6) is 5.75 Å². The number of nitrogens with one attached hydrogen (secondary N) is 1. The summed E-state index contributed by atoms with van der Waals surface area (Å²) in [7, 11) is 1.61. The van der Waals surface area contributed by atoms with Crippen LogP contribution in [-0.2, 0) is 11.2 Å². The number of rotatable bonds is 7. The Morgan fingerprint density at radius 2 is 2.31 bits per heavy atom. The molecule has 8 nitrogen and oxygen atoms in total. The summed E-state index contributed by atoms with van der Waals surface area (Å²) >= 11 is 5.93. The topological polar surface area (TPSA) is 89.7 Å². The minimum Gasteiger partial charge on any atom is -0.487 e. The first-order valence-corrected chi connectivity index (χ1v) is 8.72. The lowest BCUT2D eigenvalue weighted by molar-refractivity contribution is 0.0432. The normalized spacial score (nSPS) is 15.4. The van der Waals surface area contributed by atoms with Crippen molar-refractivity contribution in [3.05, 3.63) is 41.0 Å². The molecule has 1 aliphatic heterocycles. The van der Waals surface area contributed by atoms with Crippen molar-refractivity contribution in [3.8, 4) is 5.75 Å². The first-order chi connectivity index (χ1) is 12.5. The molecule has 0 radical (unpaired) electrons. The first kappa shape index (κ1) is 18.5. The second kappa shape index (κ2) is 8.37. The second-order valence-electron chi connectivity index (χ2n) is 6.07. The molecule has 0 bridgehead atoms. The minimum atomic E-state index is -0.376. The predicted molar refractivity (Wildman–Crippen MR) is 94.3 cm³/mol. The van der Waals surface area contributed by atoms with Crippen LogP contribution in [-0.4, -0.2) is 54.0 Å². The Morgan fingerprint density at radius 3 is 3.04 bits per heavy atom. The molecule has 9 heteroatoms. The average Bonchev–Trinajstić information content (AvgIpc) is 3.05. The molecule has 2 aromatic rings. The number of amides is 2. The second-order valence-corrected chi connectivity index (χ2v) is 6.50. The Labute approximate surface area is 156 Å². The smallest absolute Gasteiger partial charge is 0.318 e. The summed E-state index contributed by atoms with van der Waals surface area (Å²) < 4.78 is 15.9. The highest BCUT2D eigenvalue weighted by molar-refractivity contribution is 6.30. The minimum absolute atomic E-state index is 0.0430. The monoisotopic (exact) mass is 380 g/mol. The van der Waals surface area contributed by atoms with Gasteiger partial charge >= 0.3 is 6.03 Å². The number of nitrogens with zero attached hydrogens (tertiary/aromatic N) is 3. The molecule has 1 N–H and O–H groups in total. The summed E-state index contributed by atoms with van der Waals surface area (Å²) in [6.07, 6.45) is 0.522. The van der Waals surface area contributed by atoms with Crippen LogP contribution in [0.3, 0.4) is 0 Å². The van der Waals surface area contributed by atoms with Crippen LogP contribution in [0.15, 0.2) is 28.8 Å². The number of aromatic nitrogens is 2. The zero-order chi connectivity index (χ0) is 18.5. The lowest BCUT2D eigenvalue weighted by Gasteiger charge is -2.39. The molecular weight excluding hydrogens is 360 g/mol. The summed E-state index contributed by atoms with van der Waals surface area (Å²) in [5.41, 5.74) is 0. The van der Waals surface area contributed by atoms with E-state index < -0.39 is 0 Å². The number of urea groups is 1. The number of methoxy groups -OCH3 is 1. The summed E-state index contributed by atoms with van der Waals surface area (Å²) in [5, 5.41) is 7.33. The third-order valence-electron chi connectivity index (χ3n) is 3.96. The number of carbonyl (C=O) groups is 1. The van der Waals surface area contributed by atoms with Crippen LogP contribution in [0.1, 0.15) is 24.7 Å². The molecule has 1 aliphatic rings. The van der Waals surface area contributed by atoms with Gasteiger partial charge in [-0.05, 0) is 25.1 Å². The highest BCUT2D eigenvalue weighted by atomic mass is 35.5. The van der Waals surface area contributed by atoms with E-state index in [0.717, 1.165) is 0 Å². The van der Waals surface area contributed by atoms with Crippen LogP contribution >= 0.6 is 11.6 Å². The van der Waals surface area contributed by atoms with Crippen molar-refractivity contribution < 1.29 is 18.8 Å². The van der Waals surface area contributed by atoms with Crippen molar-refractivity contribution in [2.75, 3.05) is 26.8 Å². The maximum absolute atomic E-state index is 12.3. The number of halogens is 1. The van der Waals surface area contributed by atoms with E-state index in [-0.39, 0.29) is 18.2 Å². The fourth-order valence-electron chi connectivity index (χ4n) is 2.49. The Morgan fingerprint density at radius 1 is 1.50 bits per heavy atom. The molecule has 1 fully saturated rings. The number of hydrogen-bond acceptors (Lipinski definition) is 6. The van der Waals surface area contributed by atoms with Crippen LogP contribution < -0.4 is 10.1 Å². The van der Waals surface area contributed by atoms with Crippen LogP contribution in [0.25, 0.3) is 0 Å². The third kappa shape index (κ3) is 4.64. The van der Waals surface area contributed by atoms with Gasteiger partial charge in [-0.15, -0.1) is 0 Å². The molecule has 26 heavy (non-hydrogen) atoms. The van der Waals surface area contributed by atoms with E-state index in [0.29, 0.717) is 48.6 Å². The molecule has 0 unspecified atom stereocenters. The van der Waals surface area contributed by atoms with Crippen molar-refractivity contribution >= 4 is 17.6 Å². The SMILES string of the molecule is COCCc1noc([C@@H](C)NC(=O)N2CC(Oc3cccc(Cl)c3)C2)n1. The van der Waals surface area contributed by atoms with Gasteiger partial charge < -0.3 is 24.2 Å². The lowest BCUT2D eigenvalue weighted by atomic mass is 10.2. The molecule has 0 aliphatic carbocycles. The zero-order valence-electron chi connectivity index (χ0n) is 14.6. The predicted octanol–water partition coefficient (Wildman–Crippen LogP) is 2.45. The van der Waals surface area contributed by atoms with E-state index >= 15 is 0 Å². The number of likely N-dealkylation sites (tertiary alicyclic amines) is 1. The molecular formula is C17H21ClN4O4. The van der Waals surface area contributed by atoms with E-state index in [9.17, 15) is 4.79 Å². The number of benzene rings is 1. The summed E-state index contributed by atoms with van der Waals surface area (Å²) in [5.74, 6) is 1.63. The first-order valence-electron chi connectivity index (χ1n) is 8.34. The van der Waals surface area contributed by atoms with Gasteiger partial charge in [-0.25, -0.2) is 4.79 Å². The number of hydrogen-bond donors (Lipinski definition) is 1. The third-order valence-corrected chi connectivity index (χ3v) is 4.19. The molecule has 3 rings (SSSR count). The summed E-state index contributed by atoms with van der Waals surface area (Å²) in [6.45, 7) is 3.33. The van der Waals surface area contributed by atoms with Gasteiger partial charge in [0.25, 0.3) is 0 Å². The molecule has 1 atom stereocenters. The summed E-state index contributed by atoms with van der Waals surface area (Å²) in [6, 6.07) is 6.64. The van der Waals surface area contributed by atoms with Crippen molar-refractivity contribution in [1.82, 2.24) is 20.4 Å². The van der Waals surface area contributed by atoms with Gasteiger partial charge in [-0.1, -0.05) is 22.8 Å². The van der Waals surface area contributed by atoms with E-state index in [1.165, 1.54) is 0 Å². The van der Waals surface area contributed by atoms with Crippen molar-refractivity contribution in [2.45, 2.75) is 25.5 Å². The van der Waals surface area contributed by atoms with Gasteiger partial charge in [0.15, 0.2) is 5.82 Å². The highest BCUT2D eigenvalue weighted by Crippen LogP contribution is 2.22. The maximum atomic E-state index is 12.3. The van der Waals surface area contributed by atoms with E-state index in [1.54, 1.807) is 31.1 Å². The van der Waals surface area contributed by atoms with Gasteiger partial charge in [0, 0.05) is 18.6 Å². The van der Waals surface area contributed by atoms with Crippen LogP contribution in [0.4, 0.5) is 4.79 Å². The summed E-state index contributed by atoms with van der Waals surface area (Å²) in [4.78, 5) is 18.2. The van der Waals surface area contributed by atoms with Crippen molar-refractivity contribution in [3.63, 3.8) is 0 Å². The van der Waals surface area contributed by atoms with Crippen LogP contribution in [0.2, 0.25) is 5.02 Å². The van der Waals surface area contributed by atoms with Gasteiger partial charge in [0.1, 0.15) is 17.9 Å². The van der Waals surface area contributed by atoms with Gasteiger partial charge in [0.05, 0.1) is 19.7 Å². The van der Waals surface area contributed by atoms with Gasteiger partial charge in [0.2, 0.25) is 5.89 Å². The molecule has 1 aromatic carbocycles. The largest absolute Gasteiger partial charge is 0.487 e. The van der Waals surface area contributed by atoms with Crippen molar-refractivity contribution in [1.29, 1.82) is 0 Å². The molecule has 0 saturated carbocycles. The number of ether oxygens (including phenoxy) is 2. The highest BCUT2D eigenvalue weighted by Gasteiger charge is 2.33. The molecule has 2 amide bonds. The lowest BCUT2D eigenvalue weighted by Crippen LogP contribution is -2.59. The van der Waals surface area contributed by atoms with E-state index in [4.69, 9.17) is 25.6 Å².